The zero-order valence-electron chi connectivity index (χ0n) is 9.72. The van der Waals surface area contributed by atoms with Crippen LogP contribution in [0.25, 0.3) is 0 Å². The summed E-state index contributed by atoms with van der Waals surface area (Å²) in [6.45, 7) is 3.96. The van der Waals surface area contributed by atoms with Crippen molar-refractivity contribution in [3.63, 3.8) is 0 Å². The number of nitrogens with zero attached hydrogens (tertiary/aromatic N) is 1. The molecule has 5 heteroatoms. The third-order valence-electron chi connectivity index (χ3n) is 2.06. The van der Waals surface area contributed by atoms with Gasteiger partial charge in [0, 0.05) is 25.0 Å². The molecule has 1 aromatic heterocycles. The number of rotatable bonds is 5. The highest BCUT2D eigenvalue weighted by atomic mass is 35.5. The smallest absolute Gasteiger partial charge is 0.190 e. The van der Waals surface area contributed by atoms with E-state index in [0.717, 1.165) is 36.2 Å². The number of hydrogen-bond acceptors (Lipinski definition) is 2. The molecule has 0 saturated heterocycles. The molecule has 0 fully saturated rings. The van der Waals surface area contributed by atoms with E-state index in [2.05, 4.69) is 28.6 Å². The molecule has 0 aliphatic carbocycles. The van der Waals surface area contributed by atoms with Crippen molar-refractivity contribution >= 4 is 28.9 Å². The Morgan fingerprint density at radius 2 is 2.12 bits per heavy atom. The van der Waals surface area contributed by atoms with Crippen LogP contribution < -0.4 is 10.6 Å². The van der Waals surface area contributed by atoms with Gasteiger partial charge in [-0.25, -0.2) is 0 Å². The minimum atomic E-state index is 0.850. The molecule has 0 radical (unpaired) electrons. The Hall–Kier alpha value is -0.740. The van der Waals surface area contributed by atoms with Crippen LogP contribution in [0.4, 0.5) is 0 Å². The Balaban J connectivity index is 2.23. The highest BCUT2D eigenvalue weighted by molar-refractivity contribution is 7.16. The zero-order valence-corrected chi connectivity index (χ0v) is 11.3. The van der Waals surface area contributed by atoms with Gasteiger partial charge >= 0.3 is 0 Å². The predicted molar refractivity (Wildman–Crippen MR) is 72.7 cm³/mol. The van der Waals surface area contributed by atoms with Crippen LogP contribution in [0.2, 0.25) is 4.34 Å². The van der Waals surface area contributed by atoms with Crippen molar-refractivity contribution in [2.24, 2.45) is 4.99 Å². The third-order valence-corrected chi connectivity index (χ3v) is 3.35. The lowest BCUT2D eigenvalue weighted by atomic mass is 10.3. The fraction of sp³-hybridized carbons (Fsp3) is 0.545. The molecular weight excluding hydrogens is 242 g/mol. The van der Waals surface area contributed by atoms with Gasteiger partial charge in [0.2, 0.25) is 0 Å². The van der Waals surface area contributed by atoms with Crippen molar-refractivity contribution in [1.29, 1.82) is 0 Å². The van der Waals surface area contributed by atoms with Crippen molar-refractivity contribution in [3.05, 3.63) is 21.3 Å². The highest BCUT2D eigenvalue weighted by Crippen LogP contribution is 2.21. The van der Waals surface area contributed by atoms with Gasteiger partial charge in [0.15, 0.2) is 5.96 Å². The van der Waals surface area contributed by atoms with E-state index >= 15 is 0 Å². The first-order chi connectivity index (χ1) is 7.76. The van der Waals surface area contributed by atoms with E-state index in [1.54, 1.807) is 18.4 Å². The number of guanidine groups is 1. The van der Waals surface area contributed by atoms with Crippen LogP contribution in [-0.2, 0) is 6.42 Å². The van der Waals surface area contributed by atoms with Gasteiger partial charge in [-0.05, 0) is 25.0 Å². The van der Waals surface area contributed by atoms with E-state index in [0.29, 0.717) is 0 Å². The molecule has 0 atom stereocenters. The standard InChI is InChI=1S/C11H18ClN3S/c1-3-7-14-11(13-2)15-8-6-9-4-5-10(12)16-9/h4-5H,3,6-8H2,1-2H3,(H2,13,14,15). The lowest BCUT2D eigenvalue weighted by Gasteiger charge is -2.10. The van der Waals surface area contributed by atoms with E-state index in [1.165, 1.54) is 4.88 Å². The molecule has 1 rings (SSSR count). The van der Waals surface area contributed by atoms with Crippen molar-refractivity contribution < 1.29 is 0 Å². The molecule has 0 saturated carbocycles. The van der Waals surface area contributed by atoms with E-state index in [9.17, 15) is 0 Å². The number of aliphatic imine (C=N–C) groups is 1. The Bertz CT molecular complexity index is 336. The maximum absolute atomic E-state index is 5.86. The van der Waals surface area contributed by atoms with Gasteiger partial charge in [0.05, 0.1) is 4.34 Å². The summed E-state index contributed by atoms with van der Waals surface area (Å²) in [4.78, 5) is 5.43. The second-order valence-corrected chi connectivity index (χ2v) is 5.18. The molecule has 2 N–H and O–H groups in total. The quantitative estimate of drug-likeness (QED) is 0.630. The molecule has 16 heavy (non-hydrogen) atoms. The predicted octanol–water partition coefficient (Wildman–Crippen LogP) is 2.52. The fourth-order valence-corrected chi connectivity index (χ4v) is 2.34. The van der Waals surface area contributed by atoms with Crippen LogP contribution in [0.1, 0.15) is 18.2 Å². The maximum Gasteiger partial charge on any atom is 0.190 e. The van der Waals surface area contributed by atoms with Gasteiger partial charge in [-0.1, -0.05) is 18.5 Å². The van der Waals surface area contributed by atoms with Gasteiger partial charge in [0.1, 0.15) is 0 Å². The van der Waals surface area contributed by atoms with E-state index in [1.807, 2.05) is 6.07 Å². The van der Waals surface area contributed by atoms with Gasteiger partial charge < -0.3 is 10.6 Å². The molecule has 1 heterocycles. The minimum Gasteiger partial charge on any atom is -0.356 e. The summed E-state index contributed by atoms with van der Waals surface area (Å²) in [5, 5.41) is 6.49. The molecule has 0 aromatic carbocycles. The van der Waals surface area contributed by atoms with Crippen LogP contribution in [0.3, 0.4) is 0 Å². The highest BCUT2D eigenvalue weighted by Gasteiger charge is 1.99. The molecular formula is C11H18ClN3S. The van der Waals surface area contributed by atoms with Crippen LogP contribution >= 0.6 is 22.9 Å². The lowest BCUT2D eigenvalue weighted by molar-refractivity contribution is 0.776. The van der Waals surface area contributed by atoms with Gasteiger partial charge in [0.25, 0.3) is 0 Å². The number of halogens is 1. The van der Waals surface area contributed by atoms with Crippen LogP contribution in [-0.4, -0.2) is 26.1 Å². The Labute approximate surface area is 106 Å². The monoisotopic (exact) mass is 259 g/mol. The molecule has 0 spiro atoms. The average molecular weight is 260 g/mol. The second-order valence-electron chi connectivity index (χ2n) is 3.38. The number of thiophene rings is 1. The summed E-state index contributed by atoms with van der Waals surface area (Å²) in [7, 11) is 1.78. The Kier molecular flexibility index (Phi) is 6.26. The lowest BCUT2D eigenvalue weighted by Crippen LogP contribution is -2.38. The first-order valence-electron chi connectivity index (χ1n) is 5.45. The maximum atomic E-state index is 5.86. The summed E-state index contributed by atoms with van der Waals surface area (Å²) < 4.78 is 0.850. The van der Waals surface area contributed by atoms with Gasteiger partial charge in [-0.15, -0.1) is 11.3 Å². The van der Waals surface area contributed by atoms with Crippen molar-refractivity contribution in [2.45, 2.75) is 19.8 Å². The molecule has 90 valence electrons. The first kappa shape index (κ1) is 13.3. The van der Waals surface area contributed by atoms with Crippen molar-refractivity contribution in [1.82, 2.24) is 10.6 Å². The molecule has 0 bridgehead atoms. The molecule has 0 unspecified atom stereocenters. The molecule has 0 aliphatic heterocycles. The van der Waals surface area contributed by atoms with E-state index in [4.69, 9.17) is 11.6 Å². The Morgan fingerprint density at radius 3 is 2.69 bits per heavy atom. The molecule has 0 amide bonds. The second kappa shape index (κ2) is 7.52. The summed E-state index contributed by atoms with van der Waals surface area (Å²) in [6, 6.07) is 4.00. The van der Waals surface area contributed by atoms with Crippen molar-refractivity contribution in [2.75, 3.05) is 20.1 Å². The summed E-state index contributed by atoms with van der Waals surface area (Å²) in [5.74, 6) is 0.865. The van der Waals surface area contributed by atoms with Crippen LogP contribution in [0, 0.1) is 0 Å². The average Bonchev–Trinajstić information content (AvgIpc) is 2.69. The summed E-state index contributed by atoms with van der Waals surface area (Å²) in [6.07, 6.45) is 2.07. The first-order valence-corrected chi connectivity index (χ1v) is 6.64. The molecule has 3 nitrogen and oxygen atoms in total. The van der Waals surface area contributed by atoms with Gasteiger partial charge in [-0.2, -0.15) is 0 Å². The minimum absolute atomic E-state index is 0.850. The van der Waals surface area contributed by atoms with Crippen LogP contribution in [0.15, 0.2) is 17.1 Å². The SMILES string of the molecule is CCCNC(=NC)NCCc1ccc(Cl)s1. The Morgan fingerprint density at radius 1 is 1.38 bits per heavy atom. The largest absolute Gasteiger partial charge is 0.356 e. The van der Waals surface area contributed by atoms with Gasteiger partial charge in [-0.3, -0.25) is 4.99 Å². The number of hydrogen-bond donors (Lipinski definition) is 2. The van der Waals surface area contributed by atoms with E-state index in [-0.39, 0.29) is 0 Å². The molecule has 1 aromatic rings. The number of nitrogens with one attached hydrogen (secondary N) is 2. The topological polar surface area (TPSA) is 36.4 Å². The van der Waals surface area contributed by atoms with Crippen LogP contribution in [0.5, 0.6) is 0 Å². The molecule has 0 aliphatic rings. The van der Waals surface area contributed by atoms with E-state index < -0.39 is 0 Å². The third kappa shape index (κ3) is 4.86. The zero-order chi connectivity index (χ0) is 11.8. The summed E-state index contributed by atoms with van der Waals surface area (Å²) in [5.41, 5.74) is 0. The summed E-state index contributed by atoms with van der Waals surface area (Å²) >= 11 is 7.49. The van der Waals surface area contributed by atoms with Crippen molar-refractivity contribution in [3.8, 4) is 0 Å². The fourth-order valence-electron chi connectivity index (χ4n) is 1.25. The normalized spacial score (nSPS) is 11.6.